The first-order valence-corrected chi connectivity index (χ1v) is 4.99. The van der Waals surface area contributed by atoms with Crippen LogP contribution in [0.5, 0.6) is 0 Å². The fraction of sp³-hybridized carbons (Fsp3) is 0.0909. The third-order valence-corrected chi connectivity index (χ3v) is 2.43. The molecule has 0 atom stereocenters. The zero-order valence-corrected chi connectivity index (χ0v) is 9.41. The topological polar surface area (TPSA) is 98.1 Å². The van der Waals surface area contributed by atoms with Crippen molar-refractivity contribution in [3.05, 3.63) is 46.3 Å². The second-order valence-corrected chi connectivity index (χ2v) is 3.47. The average Bonchev–Trinajstić information content (AvgIpc) is 2.90. The van der Waals surface area contributed by atoms with Crippen LogP contribution in [0.3, 0.4) is 0 Å². The number of benzene rings is 1. The molecule has 1 aromatic carbocycles. The van der Waals surface area contributed by atoms with Gasteiger partial charge in [-0.25, -0.2) is 4.79 Å². The Hall–Kier alpha value is -2.70. The molecule has 0 aliphatic heterocycles. The molecule has 18 heavy (non-hydrogen) atoms. The number of non-ortho nitro benzene ring substituents is 1. The molecule has 0 amide bonds. The molecule has 0 spiro atoms. The van der Waals surface area contributed by atoms with Crippen LogP contribution in [0.2, 0.25) is 0 Å². The number of rotatable bonds is 3. The van der Waals surface area contributed by atoms with Gasteiger partial charge in [-0.2, -0.15) is 5.10 Å². The Morgan fingerprint density at radius 1 is 1.50 bits per heavy atom. The van der Waals surface area contributed by atoms with Crippen molar-refractivity contribution in [1.29, 1.82) is 0 Å². The predicted octanol–water partition coefficient (Wildman–Crippen LogP) is 1.77. The molecule has 2 aromatic rings. The molecule has 0 saturated heterocycles. The van der Waals surface area contributed by atoms with Gasteiger partial charge >= 0.3 is 5.97 Å². The molecule has 92 valence electrons. The summed E-state index contributed by atoms with van der Waals surface area (Å²) >= 11 is 0. The molecule has 7 heteroatoms. The molecule has 0 bridgehead atoms. The monoisotopic (exact) mass is 247 g/mol. The summed E-state index contributed by atoms with van der Waals surface area (Å²) in [7, 11) is 1.22. The third-order valence-electron chi connectivity index (χ3n) is 2.43. The lowest BCUT2D eigenvalue weighted by Crippen LogP contribution is -2.04. The molecular weight excluding hydrogens is 238 g/mol. The number of carbonyl (C=O) groups is 1. The molecule has 0 saturated carbocycles. The summed E-state index contributed by atoms with van der Waals surface area (Å²) in [5.41, 5.74) is 1.15. The zero-order valence-electron chi connectivity index (χ0n) is 9.41. The largest absolute Gasteiger partial charge is 0.465 e. The third kappa shape index (κ3) is 2.05. The highest BCUT2D eigenvalue weighted by Gasteiger charge is 2.18. The quantitative estimate of drug-likeness (QED) is 0.506. The fourth-order valence-electron chi connectivity index (χ4n) is 1.57. The molecule has 0 aliphatic carbocycles. The first-order valence-electron chi connectivity index (χ1n) is 4.99. The summed E-state index contributed by atoms with van der Waals surface area (Å²) < 4.78 is 4.62. The summed E-state index contributed by atoms with van der Waals surface area (Å²) in [6.07, 6.45) is 3.11. The summed E-state index contributed by atoms with van der Waals surface area (Å²) in [5, 5.41) is 17.1. The molecule has 1 heterocycles. The Kier molecular flexibility index (Phi) is 3.05. The van der Waals surface area contributed by atoms with Gasteiger partial charge in [0.2, 0.25) is 0 Å². The summed E-state index contributed by atoms with van der Waals surface area (Å²) in [4.78, 5) is 21.8. The molecular formula is C11H9N3O4. The van der Waals surface area contributed by atoms with E-state index in [2.05, 4.69) is 14.9 Å². The van der Waals surface area contributed by atoms with Gasteiger partial charge in [0.05, 0.1) is 23.8 Å². The maximum absolute atomic E-state index is 11.6. The highest BCUT2D eigenvalue weighted by molar-refractivity contribution is 5.97. The number of aromatic nitrogens is 2. The number of H-pyrrole nitrogens is 1. The maximum atomic E-state index is 11.6. The number of hydrogen-bond donors (Lipinski definition) is 1. The average molecular weight is 247 g/mol. The maximum Gasteiger partial charge on any atom is 0.338 e. The molecule has 0 unspecified atom stereocenters. The number of esters is 1. The highest BCUT2D eigenvalue weighted by atomic mass is 16.6. The van der Waals surface area contributed by atoms with Crippen molar-refractivity contribution in [2.45, 2.75) is 0 Å². The minimum absolute atomic E-state index is 0.133. The second-order valence-electron chi connectivity index (χ2n) is 3.47. The van der Waals surface area contributed by atoms with E-state index in [0.717, 1.165) is 0 Å². The van der Waals surface area contributed by atoms with Crippen molar-refractivity contribution < 1.29 is 14.5 Å². The molecule has 0 radical (unpaired) electrons. The normalized spacial score (nSPS) is 10.1. The van der Waals surface area contributed by atoms with Crippen molar-refractivity contribution in [2.75, 3.05) is 7.11 Å². The van der Waals surface area contributed by atoms with Crippen LogP contribution in [-0.4, -0.2) is 28.2 Å². The first kappa shape index (κ1) is 11.8. The number of nitrogens with zero attached hydrogens (tertiary/aromatic N) is 2. The lowest BCUT2D eigenvalue weighted by Gasteiger charge is -2.05. The lowest BCUT2D eigenvalue weighted by molar-refractivity contribution is -0.384. The van der Waals surface area contributed by atoms with Crippen molar-refractivity contribution in [3.8, 4) is 11.1 Å². The van der Waals surface area contributed by atoms with Crippen LogP contribution in [-0.2, 0) is 4.74 Å². The van der Waals surface area contributed by atoms with E-state index in [4.69, 9.17) is 0 Å². The lowest BCUT2D eigenvalue weighted by atomic mass is 10.0. The van der Waals surface area contributed by atoms with E-state index in [1.165, 1.54) is 31.5 Å². The molecule has 0 aliphatic rings. The summed E-state index contributed by atoms with van der Waals surface area (Å²) in [5.74, 6) is -0.630. The van der Waals surface area contributed by atoms with Gasteiger partial charge in [-0.3, -0.25) is 15.2 Å². The van der Waals surface area contributed by atoms with Gasteiger partial charge in [-0.15, -0.1) is 0 Å². The molecule has 1 N–H and O–H groups in total. The number of hydrogen-bond acceptors (Lipinski definition) is 5. The van der Waals surface area contributed by atoms with Gasteiger partial charge in [-0.05, 0) is 11.6 Å². The van der Waals surface area contributed by atoms with Crippen LogP contribution in [0.15, 0.2) is 30.6 Å². The number of carbonyl (C=O) groups excluding carboxylic acids is 1. The van der Waals surface area contributed by atoms with Crippen molar-refractivity contribution in [2.24, 2.45) is 0 Å². The number of nitrogens with one attached hydrogen (secondary N) is 1. The highest BCUT2D eigenvalue weighted by Crippen LogP contribution is 2.27. The Bertz CT molecular complexity index is 592. The van der Waals surface area contributed by atoms with Crippen molar-refractivity contribution in [3.63, 3.8) is 0 Å². The van der Waals surface area contributed by atoms with E-state index in [0.29, 0.717) is 11.1 Å². The van der Waals surface area contributed by atoms with Gasteiger partial charge in [0, 0.05) is 23.9 Å². The standard InChI is InChI=1S/C11H9N3O4/c1-18-11(15)10-4-8(14(16)17)2-3-9(10)7-5-12-13-6-7/h2-6H,1H3,(H,12,13). The number of methoxy groups -OCH3 is 1. The minimum atomic E-state index is -0.630. The van der Waals surface area contributed by atoms with Crippen LogP contribution in [0, 0.1) is 10.1 Å². The van der Waals surface area contributed by atoms with Crippen LogP contribution in [0.1, 0.15) is 10.4 Å². The van der Waals surface area contributed by atoms with E-state index >= 15 is 0 Å². The molecule has 1 aromatic heterocycles. The van der Waals surface area contributed by atoms with Crippen LogP contribution in [0.4, 0.5) is 5.69 Å². The van der Waals surface area contributed by atoms with Gasteiger partial charge in [0.25, 0.3) is 5.69 Å². The molecule has 7 nitrogen and oxygen atoms in total. The van der Waals surface area contributed by atoms with Crippen LogP contribution < -0.4 is 0 Å². The smallest absolute Gasteiger partial charge is 0.338 e. The van der Waals surface area contributed by atoms with Crippen molar-refractivity contribution >= 4 is 11.7 Å². The van der Waals surface area contributed by atoms with E-state index in [1.54, 1.807) is 6.20 Å². The number of ether oxygens (including phenoxy) is 1. The summed E-state index contributed by atoms with van der Waals surface area (Å²) in [6, 6.07) is 4.01. The summed E-state index contributed by atoms with van der Waals surface area (Å²) in [6.45, 7) is 0. The van der Waals surface area contributed by atoms with Gasteiger partial charge in [0.15, 0.2) is 0 Å². The van der Waals surface area contributed by atoms with E-state index < -0.39 is 10.9 Å². The Morgan fingerprint density at radius 3 is 2.83 bits per heavy atom. The Morgan fingerprint density at radius 2 is 2.28 bits per heavy atom. The molecule has 0 fully saturated rings. The van der Waals surface area contributed by atoms with Crippen molar-refractivity contribution in [1.82, 2.24) is 10.2 Å². The van der Waals surface area contributed by atoms with E-state index in [1.807, 2.05) is 0 Å². The van der Waals surface area contributed by atoms with Gasteiger partial charge < -0.3 is 4.74 Å². The van der Waals surface area contributed by atoms with E-state index in [9.17, 15) is 14.9 Å². The predicted molar refractivity (Wildman–Crippen MR) is 62.0 cm³/mol. The van der Waals surface area contributed by atoms with Crippen LogP contribution >= 0.6 is 0 Å². The van der Waals surface area contributed by atoms with Crippen LogP contribution in [0.25, 0.3) is 11.1 Å². The molecule has 2 rings (SSSR count). The first-order chi connectivity index (χ1) is 8.63. The number of nitro benzene ring substituents is 1. The number of nitro groups is 1. The van der Waals surface area contributed by atoms with E-state index in [-0.39, 0.29) is 11.3 Å². The Labute approximate surface area is 102 Å². The second kappa shape index (κ2) is 4.66. The SMILES string of the molecule is COC(=O)c1cc([N+](=O)[O-])ccc1-c1cn[nH]c1. The minimum Gasteiger partial charge on any atom is -0.465 e. The van der Waals surface area contributed by atoms with Gasteiger partial charge in [0.1, 0.15) is 0 Å². The number of aromatic amines is 1. The van der Waals surface area contributed by atoms with Gasteiger partial charge in [-0.1, -0.05) is 0 Å². The fourth-order valence-corrected chi connectivity index (χ4v) is 1.57. The Balaban J connectivity index is 2.59. The zero-order chi connectivity index (χ0) is 13.1.